The van der Waals surface area contributed by atoms with Crippen molar-refractivity contribution in [3.8, 4) is 0 Å². The number of nitrogens with zero attached hydrogens (tertiary/aromatic N) is 2. The molecule has 0 radical (unpaired) electrons. The minimum Gasteiger partial charge on any atom is -0.372 e. The van der Waals surface area contributed by atoms with Gasteiger partial charge in [-0.25, -0.2) is 9.97 Å². The van der Waals surface area contributed by atoms with Crippen molar-refractivity contribution in [2.75, 3.05) is 12.4 Å². The topological polar surface area (TPSA) is 53.6 Å². The Morgan fingerprint density at radius 3 is 3.00 bits per heavy atom. The van der Waals surface area contributed by atoms with E-state index in [1.165, 1.54) is 18.5 Å². The molecule has 0 atom stereocenters. The van der Waals surface area contributed by atoms with Crippen LogP contribution in [0.3, 0.4) is 0 Å². The first-order chi connectivity index (χ1) is 6.88. The second-order valence-electron chi connectivity index (χ2n) is 3.73. The normalized spacial score (nSPS) is 16.1. The number of H-pyrrole nitrogens is 1. The summed E-state index contributed by atoms with van der Waals surface area (Å²) in [5, 5.41) is 4.17. The Morgan fingerprint density at radius 1 is 1.43 bits per heavy atom. The molecule has 0 amide bonds. The minimum atomic E-state index is 0.730. The van der Waals surface area contributed by atoms with Crippen molar-refractivity contribution in [2.24, 2.45) is 0 Å². The molecule has 14 heavy (non-hydrogen) atoms. The summed E-state index contributed by atoms with van der Waals surface area (Å²) in [4.78, 5) is 11.7. The van der Waals surface area contributed by atoms with E-state index in [1.54, 1.807) is 6.33 Å². The summed E-state index contributed by atoms with van der Waals surface area (Å²) in [6.45, 7) is 0. The van der Waals surface area contributed by atoms with Crippen LogP contribution in [-0.2, 0) is 0 Å². The van der Waals surface area contributed by atoms with Crippen molar-refractivity contribution in [3.63, 3.8) is 0 Å². The van der Waals surface area contributed by atoms with Gasteiger partial charge in [0.25, 0.3) is 0 Å². The number of aromatic nitrogens is 3. The largest absolute Gasteiger partial charge is 0.372 e. The number of anilines is 1. The number of nitrogens with one attached hydrogen (secondary N) is 2. The SMILES string of the molecule is CNc1ncnc2[nH]c(C3CC3)cc12. The monoisotopic (exact) mass is 188 g/mol. The van der Waals surface area contributed by atoms with Crippen LogP contribution in [0.4, 0.5) is 5.82 Å². The Kier molecular flexibility index (Phi) is 1.50. The molecule has 2 N–H and O–H groups in total. The maximum Gasteiger partial charge on any atom is 0.143 e. The van der Waals surface area contributed by atoms with Gasteiger partial charge in [-0.2, -0.15) is 0 Å². The fourth-order valence-corrected chi connectivity index (χ4v) is 1.77. The van der Waals surface area contributed by atoms with Crippen LogP contribution in [-0.4, -0.2) is 22.0 Å². The zero-order chi connectivity index (χ0) is 9.54. The molecule has 3 rings (SSSR count). The Morgan fingerprint density at radius 2 is 2.29 bits per heavy atom. The molecular weight excluding hydrogens is 176 g/mol. The van der Waals surface area contributed by atoms with Gasteiger partial charge in [-0.05, 0) is 24.8 Å². The van der Waals surface area contributed by atoms with Gasteiger partial charge >= 0.3 is 0 Å². The molecule has 0 aliphatic heterocycles. The van der Waals surface area contributed by atoms with Gasteiger partial charge in [-0.15, -0.1) is 0 Å². The van der Waals surface area contributed by atoms with Gasteiger partial charge in [0.2, 0.25) is 0 Å². The van der Waals surface area contributed by atoms with Crippen LogP contribution in [0.15, 0.2) is 12.4 Å². The molecule has 1 saturated carbocycles. The molecule has 0 saturated heterocycles. The van der Waals surface area contributed by atoms with Crippen molar-refractivity contribution < 1.29 is 0 Å². The lowest BCUT2D eigenvalue weighted by Crippen LogP contribution is -1.92. The van der Waals surface area contributed by atoms with Crippen LogP contribution in [0.2, 0.25) is 0 Å². The molecule has 0 spiro atoms. The molecule has 2 heterocycles. The summed E-state index contributed by atoms with van der Waals surface area (Å²) in [6.07, 6.45) is 4.19. The third-order valence-electron chi connectivity index (χ3n) is 2.70. The first kappa shape index (κ1) is 7.79. The molecule has 0 aromatic carbocycles. The molecule has 1 aliphatic rings. The van der Waals surface area contributed by atoms with E-state index in [0.717, 1.165) is 22.8 Å². The van der Waals surface area contributed by atoms with Gasteiger partial charge in [0, 0.05) is 12.7 Å². The van der Waals surface area contributed by atoms with E-state index in [9.17, 15) is 0 Å². The first-order valence-corrected chi connectivity index (χ1v) is 4.90. The van der Waals surface area contributed by atoms with E-state index < -0.39 is 0 Å². The molecule has 0 bridgehead atoms. The average Bonchev–Trinajstić information content (AvgIpc) is 2.97. The number of fused-ring (bicyclic) bond motifs is 1. The summed E-state index contributed by atoms with van der Waals surface area (Å²) in [7, 11) is 1.88. The predicted octanol–water partition coefficient (Wildman–Crippen LogP) is 1.88. The van der Waals surface area contributed by atoms with Crippen LogP contribution in [0, 0.1) is 0 Å². The molecular formula is C10H12N4. The highest BCUT2D eigenvalue weighted by Crippen LogP contribution is 2.40. The quantitative estimate of drug-likeness (QED) is 0.756. The van der Waals surface area contributed by atoms with Gasteiger partial charge < -0.3 is 10.3 Å². The van der Waals surface area contributed by atoms with E-state index in [-0.39, 0.29) is 0 Å². The van der Waals surface area contributed by atoms with Crippen molar-refractivity contribution in [1.82, 2.24) is 15.0 Å². The molecule has 4 heteroatoms. The van der Waals surface area contributed by atoms with E-state index >= 15 is 0 Å². The molecule has 1 fully saturated rings. The van der Waals surface area contributed by atoms with E-state index in [1.807, 2.05) is 7.05 Å². The Bertz CT molecular complexity index is 470. The Balaban J connectivity index is 2.20. The lowest BCUT2D eigenvalue weighted by molar-refractivity contribution is 1.05. The predicted molar refractivity (Wildman–Crippen MR) is 55.4 cm³/mol. The molecule has 1 aliphatic carbocycles. The lowest BCUT2D eigenvalue weighted by Gasteiger charge is -1.97. The fourth-order valence-electron chi connectivity index (χ4n) is 1.77. The second-order valence-corrected chi connectivity index (χ2v) is 3.73. The summed E-state index contributed by atoms with van der Waals surface area (Å²) in [5.41, 5.74) is 2.24. The third-order valence-corrected chi connectivity index (χ3v) is 2.70. The zero-order valence-corrected chi connectivity index (χ0v) is 8.04. The summed E-state index contributed by atoms with van der Waals surface area (Å²) >= 11 is 0. The highest BCUT2D eigenvalue weighted by Gasteiger charge is 2.25. The number of hydrogen-bond donors (Lipinski definition) is 2. The minimum absolute atomic E-state index is 0.730. The van der Waals surface area contributed by atoms with E-state index in [0.29, 0.717) is 0 Å². The third kappa shape index (κ3) is 1.07. The first-order valence-electron chi connectivity index (χ1n) is 4.90. The van der Waals surface area contributed by atoms with Crippen LogP contribution < -0.4 is 5.32 Å². The van der Waals surface area contributed by atoms with Gasteiger partial charge in [0.05, 0.1) is 5.39 Å². The van der Waals surface area contributed by atoms with Gasteiger partial charge in [-0.1, -0.05) is 0 Å². The smallest absolute Gasteiger partial charge is 0.143 e. The van der Waals surface area contributed by atoms with Crippen LogP contribution in [0.25, 0.3) is 11.0 Å². The van der Waals surface area contributed by atoms with Crippen LogP contribution >= 0.6 is 0 Å². The highest BCUT2D eigenvalue weighted by atomic mass is 15.0. The molecule has 72 valence electrons. The van der Waals surface area contributed by atoms with E-state index in [4.69, 9.17) is 0 Å². The summed E-state index contributed by atoms with van der Waals surface area (Å²) in [5.74, 6) is 1.63. The van der Waals surface area contributed by atoms with Crippen molar-refractivity contribution in [3.05, 3.63) is 18.1 Å². The molecule has 2 aromatic heterocycles. The van der Waals surface area contributed by atoms with Crippen molar-refractivity contribution >= 4 is 16.9 Å². The van der Waals surface area contributed by atoms with Gasteiger partial charge in [0.1, 0.15) is 17.8 Å². The second kappa shape index (κ2) is 2.70. The highest BCUT2D eigenvalue weighted by molar-refractivity contribution is 5.87. The standard InChI is InChI=1S/C10H12N4/c1-11-9-7-4-8(6-2-3-6)14-10(7)13-5-12-9/h4-6H,2-3H2,1H3,(H2,11,12,13,14). The lowest BCUT2D eigenvalue weighted by atomic mass is 10.3. The average molecular weight is 188 g/mol. The number of rotatable bonds is 2. The van der Waals surface area contributed by atoms with E-state index in [2.05, 4.69) is 26.3 Å². The van der Waals surface area contributed by atoms with Gasteiger partial charge in [-0.3, -0.25) is 0 Å². The Hall–Kier alpha value is -1.58. The zero-order valence-electron chi connectivity index (χ0n) is 8.04. The molecule has 4 nitrogen and oxygen atoms in total. The van der Waals surface area contributed by atoms with Crippen LogP contribution in [0.1, 0.15) is 24.5 Å². The summed E-state index contributed by atoms with van der Waals surface area (Å²) < 4.78 is 0. The maximum atomic E-state index is 4.21. The number of hydrogen-bond acceptors (Lipinski definition) is 3. The van der Waals surface area contributed by atoms with Crippen molar-refractivity contribution in [1.29, 1.82) is 0 Å². The van der Waals surface area contributed by atoms with Crippen molar-refractivity contribution in [2.45, 2.75) is 18.8 Å². The maximum absolute atomic E-state index is 4.21. The Labute approximate surface area is 81.8 Å². The molecule has 2 aromatic rings. The van der Waals surface area contributed by atoms with Gasteiger partial charge in [0.15, 0.2) is 0 Å². The number of aromatic amines is 1. The van der Waals surface area contributed by atoms with Crippen LogP contribution in [0.5, 0.6) is 0 Å². The summed E-state index contributed by atoms with van der Waals surface area (Å²) in [6, 6.07) is 2.17. The fraction of sp³-hybridized carbons (Fsp3) is 0.400. The molecule has 0 unspecified atom stereocenters.